The largest absolute Gasteiger partial charge is 0.416 e. The molecule has 0 saturated heterocycles. The maximum absolute atomic E-state index is 13.3. The highest BCUT2D eigenvalue weighted by Gasteiger charge is 2.33. The second-order valence-electron chi connectivity index (χ2n) is 6.79. The fourth-order valence-electron chi connectivity index (χ4n) is 3.30. The van der Waals surface area contributed by atoms with Crippen LogP contribution in [0.5, 0.6) is 0 Å². The van der Waals surface area contributed by atoms with E-state index in [0.29, 0.717) is 11.3 Å². The molecule has 0 radical (unpaired) electrons. The van der Waals surface area contributed by atoms with Gasteiger partial charge in [-0.05, 0) is 47.9 Å². The van der Waals surface area contributed by atoms with Crippen molar-refractivity contribution in [3.8, 4) is 11.1 Å². The van der Waals surface area contributed by atoms with Crippen LogP contribution in [0.3, 0.4) is 0 Å². The van der Waals surface area contributed by atoms with Crippen molar-refractivity contribution in [1.82, 2.24) is 4.98 Å². The Kier molecular flexibility index (Phi) is 4.66. The first-order chi connectivity index (χ1) is 13.8. The number of rotatable bonds is 2. The van der Waals surface area contributed by atoms with E-state index in [9.17, 15) is 18.0 Å². The number of halogens is 3. The van der Waals surface area contributed by atoms with Crippen molar-refractivity contribution in [2.75, 3.05) is 5.32 Å². The lowest BCUT2D eigenvalue weighted by atomic mass is 10.0. The summed E-state index contributed by atoms with van der Waals surface area (Å²) in [6.45, 7) is 1.36. The van der Waals surface area contributed by atoms with Crippen LogP contribution in [0.4, 0.5) is 24.5 Å². The van der Waals surface area contributed by atoms with Gasteiger partial charge in [-0.3, -0.25) is 14.8 Å². The number of aryl methyl sites for hydroxylation is 1. The van der Waals surface area contributed by atoms with Crippen LogP contribution in [0, 0.1) is 6.92 Å². The van der Waals surface area contributed by atoms with Crippen LogP contribution in [0.15, 0.2) is 65.9 Å². The third-order valence-electron chi connectivity index (χ3n) is 4.70. The molecule has 1 amide bonds. The zero-order chi connectivity index (χ0) is 20.6. The Bertz CT molecular complexity index is 1120. The van der Waals surface area contributed by atoms with Crippen molar-refractivity contribution in [2.45, 2.75) is 19.5 Å². The van der Waals surface area contributed by atoms with E-state index in [4.69, 9.17) is 0 Å². The lowest BCUT2D eigenvalue weighted by molar-refractivity contribution is -0.138. The van der Waals surface area contributed by atoms with Gasteiger partial charge in [0.05, 0.1) is 29.1 Å². The van der Waals surface area contributed by atoms with Gasteiger partial charge in [0.1, 0.15) is 0 Å². The van der Waals surface area contributed by atoms with Crippen LogP contribution < -0.4 is 5.32 Å². The van der Waals surface area contributed by atoms with E-state index in [0.717, 1.165) is 17.2 Å². The smallest absolute Gasteiger partial charge is 0.324 e. The molecule has 2 heterocycles. The Balaban J connectivity index is 1.82. The predicted octanol–water partition coefficient (Wildman–Crippen LogP) is 5.54. The molecule has 1 aliphatic rings. The van der Waals surface area contributed by atoms with Gasteiger partial charge in [0.15, 0.2) is 0 Å². The fraction of sp³-hybridized carbons (Fsp3) is 0.136. The van der Waals surface area contributed by atoms with Gasteiger partial charge in [0, 0.05) is 18.0 Å². The Hall–Kier alpha value is -3.48. The van der Waals surface area contributed by atoms with Gasteiger partial charge in [0.25, 0.3) is 0 Å². The number of carbonyl (C=O) groups excluding carboxylic acids is 1. The molecule has 0 aliphatic carbocycles. The lowest BCUT2D eigenvalue weighted by Crippen LogP contribution is -2.15. The molecule has 0 bridgehead atoms. The van der Waals surface area contributed by atoms with Crippen molar-refractivity contribution in [1.29, 1.82) is 0 Å². The summed E-state index contributed by atoms with van der Waals surface area (Å²) >= 11 is 0. The van der Waals surface area contributed by atoms with Crippen LogP contribution in [-0.4, -0.2) is 16.6 Å². The molecule has 4 rings (SSSR count). The number of anilines is 1. The molecule has 3 aromatic rings. The molecule has 7 heteroatoms. The highest BCUT2D eigenvalue weighted by Crippen LogP contribution is 2.39. The Labute approximate surface area is 165 Å². The Morgan fingerprint density at radius 3 is 2.48 bits per heavy atom. The number of fused-ring (bicyclic) bond motifs is 1. The summed E-state index contributed by atoms with van der Waals surface area (Å²) < 4.78 is 39.9. The summed E-state index contributed by atoms with van der Waals surface area (Å²) in [6, 6.07) is 13.4. The molecule has 1 N–H and O–H groups in total. The first-order valence-electron chi connectivity index (χ1n) is 8.91. The normalized spacial score (nSPS) is 13.9. The van der Waals surface area contributed by atoms with Crippen molar-refractivity contribution in [3.05, 3.63) is 77.6 Å². The van der Waals surface area contributed by atoms with Gasteiger partial charge in [-0.25, -0.2) is 0 Å². The lowest BCUT2D eigenvalue weighted by Gasteiger charge is -2.13. The minimum atomic E-state index is -4.49. The molecule has 29 heavy (non-hydrogen) atoms. The van der Waals surface area contributed by atoms with E-state index in [1.165, 1.54) is 13.0 Å². The molecular formula is C22H16F3N3O. The number of nitrogens with zero attached hydrogens (tertiary/aromatic N) is 2. The summed E-state index contributed by atoms with van der Waals surface area (Å²) in [4.78, 5) is 20.9. The number of aromatic nitrogens is 1. The summed E-state index contributed by atoms with van der Waals surface area (Å²) in [6.07, 6.45) is -1.14. The topological polar surface area (TPSA) is 54.4 Å². The number of alkyl halides is 3. The molecule has 2 aromatic carbocycles. The first kappa shape index (κ1) is 18.9. The van der Waals surface area contributed by atoms with E-state index >= 15 is 0 Å². The van der Waals surface area contributed by atoms with Crippen molar-refractivity contribution in [2.24, 2.45) is 4.99 Å². The van der Waals surface area contributed by atoms with Gasteiger partial charge >= 0.3 is 6.18 Å². The molecule has 0 unspecified atom stereocenters. The summed E-state index contributed by atoms with van der Waals surface area (Å²) in [5.74, 6) is -0.326. The van der Waals surface area contributed by atoms with Crippen LogP contribution in [0.25, 0.3) is 11.1 Å². The Morgan fingerprint density at radius 2 is 1.76 bits per heavy atom. The monoisotopic (exact) mass is 395 g/mol. The average Bonchev–Trinajstić information content (AvgIpc) is 2.85. The van der Waals surface area contributed by atoms with Crippen LogP contribution in [0.2, 0.25) is 0 Å². The first-order valence-corrected chi connectivity index (χ1v) is 8.91. The zero-order valence-electron chi connectivity index (χ0n) is 15.4. The number of hydrogen-bond donors (Lipinski definition) is 1. The second kappa shape index (κ2) is 7.16. The standard InChI is InChI=1S/C22H16F3N3O/c1-13-8-19-20(10-17(13)22(23,24)25)27-18(11-21(29)28-19)15-5-2-4-14(9-15)16-6-3-7-26-12-16/h2-10,12H,11H2,1H3,(H,28,29). The summed E-state index contributed by atoms with van der Waals surface area (Å²) in [7, 11) is 0. The molecule has 0 atom stereocenters. The molecule has 4 nitrogen and oxygen atoms in total. The van der Waals surface area contributed by atoms with E-state index < -0.39 is 11.7 Å². The van der Waals surface area contributed by atoms with Gasteiger partial charge in [-0.15, -0.1) is 0 Å². The average molecular weight is 395 g/mol. The molecule has 0 saturated carbocycles. The Morgan fingerprint density at radius 1 is 1.00 bits per heavy atom. The quantitative estimate of drug-likeness (QED) is 0.620. The maximum Gasteiger partial charge on any atom is 0.416 e. The fourth-order valence-corrected chi connectivity index (χ4v) is 3.30. The van der Waals surface area contributed by atoms with E-state index in [2.05, 4.69) is 15.3 Å². The zero-order valence-corrected chi connectivity index (χ0v) is 15.4. The number of benzene rings is 2. The van der Waals surface area contributed by atoms with Gasteiger partial charge in [-0.1, -0.05) is 24.3 Å². The molecule has 1 aromatic heterocycles. The van der Waals surface area contributed by atoms with E-state index in [-0.39, 0.29) is 29.3 Å². The number of aliphatic imine (C=N–C) groups is 1. The minimum absolute atomic E-state index is 0.0359. The summed E-state index contributed by atoms with van der Waals surface area (Å²) in [5, 5.41) is 2.66. The third-order valence-corrected chi connectivity index (χ3v) is 4.70. The van der Waals surface area contributed by atoms with Crippen molar-refractivity contribution in [3.63, 3.8) is 0 Å². The predicted molar refractivity (Wildman–Crippen MR) is 105 cm³/mol. The molecular weight excluding hydrogens is 379 g/mol. The highest BCUT2D eigenvalue weighted by atomic mass is 19.4. The minimum Gasteiger partial charge on any atom is -0.324 e. The van der Waals surface area contributed by atoms with E-state index in [1.54, 1.807) is 18.5 Å². The molecule has 0 spiro atoms. The summed E-state index contributed by atoms with van der Waals surface area (Å²) in [5.41, 5.74) is 2.49. The van der Waals surface area contributed by atoms with Crippen molar-refractivity contribution >= 4 is 23.0 Å². The number of hydrogen-bond acceptors (Lipinski definition) is 3. The molecule has 146 valence electrons. The number of amides is 1. The van der Waals surface area contributed by atoms with Crippen LogP contribution in [0.1, 0.15) is 23.1 Å². The van der Waals surface area contributed by atoms with Gasteiger partial charge in [-0.2, -0.15) is 13.2 Å². The van der Waals surface area contributed by atoms with Crippen molar-refractivity contribution < 1.29 is 18.0 Å². The third kappa shape index (κ3) is 3.89. The number of nitrogens with one attached hydrogen (secondary N) is 1. The molecule has 0 fully saturated rings. The maximum atomic E-state index is 13.3. The SMILES string of the molecule is Cc1cc2c(cc1C(F)(F)F)N=C(c1cccc(-c3cccnc3)c1)CC(=O)N2. The highest BCUT2D eigenvalue weighted by molar-refractivity contribution is 6.17. The van der Waals surface area contributed by atoms with E-state index in [1.807, 2.05) is 30.3 Å². The van der Waals surface area contributed by atoms with Crippen LogP contribution >= 0.6 is 0 Å². The second-order valence-corrected chi connectivity index (χ2v) is 6.79. The van der Waals surface area contributed by atoms with Gasteiger partial charge < -0.3 is 5.32 Å². The van der Waals surface area contributed by atoms with Gasteiger partial charge in [0.2, 0.25) is 5.91 Å². The number of carbonyl (C=O) groups is 1. The molecule has 1 aliphatic heterocycles. The number of pyridine rings is 1. The van der Waals surface area contributed by atoms with Crippen LogP contribution in [-0.2, 0) is 11.0 Å².